The summed E-state index contributed by atoms with van der Waals surface area (Å²) in [5.74, 6) is 3.54. The van der Waals surface area contributed by atoms with Gasteiger partial charge in [-0.3, -0.25) is 24.6 Å². The van der Waals surface area contributed by atoms with Gasteiger partial charge in [0.2, 0.25) is 5.91 Å². The molecule has 0 saturated heterocycles. The fourth-order valence-corrected chi connectivity index (χ4v) is 8.24. The highest BCUT2D eigenvalue weighted by Gasteiger charge is 2.22. The van der Waals surface area contributed by atoms with E-state index >= 15 is 0 Å². The van der Waals surface area contributed by atoms with Crippen LogP contribution in [0.1, 0.15) is 47.9 Å². The molecule has 3 amide bonds. The van der Waals surface area contributed by atoms with E-state index in [2.05, 4.69) is 107 Å². The minimum absolute atomic E-state index is 0.0531. The average molecular weight is 1030 g/mol. The smallest absolute Gasteiger partial charge is 0.423 e. The Bertz CT molecular complexity index is 2750. The molecule has 0 saturated carbocycles. The number of rotatable bonds is 3. The van der Waals surface area contributed by atoms with E-state index in [1.165, 1.54) is 35.1 Å². The second-order valence-corrected chi connectivity index (χ2v) is 17.4. The number of nitrogens with zero attached hydrogens (tertiary/aromatic N) is 8. The Morgan fingerprint density at radius 3 is 1.67 bits per heavy atom. The number of anilines is 4. The Morgan fingerprint density at radius 2 is 1.12 bits per heavy atom. The van der Waals surface area contributed by atoms with Gasteiger partial charge < -0.3 is 31.7 Å². The number of primary amides is 1. The molecule has 0 bridgehead atoms. The number of hydrogen-bond donors (Lipinski definition) is 6. The van der Waals surface area contributed by atoms with Gasteiger partial charge >= 0.3 is 13.1 Å². The van der Waals surface area contributed by atoms with Gasteiger partial charge in [-0.15, -0.1) is 0 Å². The third-order valence-electron chi connectivity index (χ3n) is 10.8. The fourth-order valence-electron chi connectivity index (χ4n) is 7.48. The molecule has 67 heavy (non-hydrogen) atoms. The summed E-state index contributed by atoms with van der Waals surface area (Å²) in [6, 6.07) is 19.1. The molecule has 342 valence electrons. The first-order valence-electron chi connectivity index (χ1n) is 21.8. The highest BCUT2D eigenvalue weighted by atomic mass is 79.9. The molecule has 0 aromatic carbocycles. The predicted molar refractivity (Wildman–Crippen MR) is 269 cm³/mol. The molecular formula is C48H49BBr2N12O4. The molecule has 7 N–H and O–H groups in total. The summed E-state index contributed by atoms with van der Waals surface area (Å²) in [4.78, 5) is 53.0. The lowest BCUT2D eigenvalue weighted by Gasteiger charge is -2.26. The van der Waals surface area contributed by atoms with E-state index in [-0.39, 0.29) is 5.91 Å². The molecular weight excluding hydrogens is 979 g/mol. The lowest BCUT2D eigenvalue weighted by molar-refractivity contribution is -0.116. The van der Waals surface area contributed by atoms with E-state index in [1.54, 1.807) is 49.3 Å². The van der Waals surface area contributed by atoms with Crippen molar-refractivity contribution in [3.05, 3.63) is 154 Å². The summed E-state index contributed by atoms with van der Waals surface area (Å²) in [5, 5.41) is 26.4. The Morgan fingerprint density at radius 1 is 0.597 bits per heavy atom. The molecule has 11 rings (SSSR count). The molecule has 0 aliphatic carbocycles. The Kier molecular flexibility index (Phi) is 17.4. The van der Waals surface area contributed by atoms with Crippen LogP contribution in [-0.4, -0.2) is 83.6 Å². The van der Waals surface area contributed by atoms with Crippen LogP contribution in [0.3, 0.4) is 0 Å². The number of hydrogen-bond acceptors (Lipinski definition) is 13. The van der Waals surface area contributed by atoms with E-state index in [4.69, 9.17) is 15.8 Å². The third-order valence-corrected chi connectivity index (χ3v) is 11.7. The van der Waals surface area contributed by atoms with E-state index in [9.17, 15) is 9.59 Å². The van der Waals surface area contributed by atoms with Crippen molar-refractivity contribution in [3.63, 3.8) is 0 Å². The summed E-state index contributed by atoms with van der Waals surface area (Å²) in [6.07, 6.45) is 25.2. The molecule has 0 fully saturated rings. The van der Waals surface area contributed by atoms with E-state index in [0.717, 1.165) is 99.2 Å². The summed E-state index contributed by atoms with van der Waals surface area (Å²) < 4.78 is 2.03. The molecule has 19 heteroatoms. The van der Waals surface area contributed by atoms with Gasteiger partial charge in [-0.05, 0) is 142 Å². The van der Waals surface area contributed by atoms with E-state index in [0.29, 0.717) is 30.1 Å². The summed E-state index contributed by atoms with van der Waals surface area (Å²) in [6.45, 7) is 2.73. The highest BCUT2D eigenvalue weighted by molar-refractivity contribution is 9.10. The van der Waals surface area contributed by atoms with Gasteiger partial charge in [0.1, 0.15) is 23.3 Å². The van der Waals surface area contributed by atoms with Crippen LogP contribution >= 0.6 is 31.9 Å². The average Bonchev–Trinajstić information content (AvgIpc) is 3.37. The zero-order chi connectivity index (χ0) is 47.0. The lowest BCUT2D eigenvalue weighted by atomic mass is 9.82. The maximum atomic E-state index is 11.4. The summed E-state index contributed by atoms with van der Waals surface area (Å²) in [7, 11) is -1.40. The normalized spacial score (nSPS) is 13.8. The quantitative estimate of drug-likeness (QED) is 0.0966. The number of aromatic nitrogens is 7. The molecule has 0 unspecified atom stereocenters. The van der Waals surface area contributed by atoms with Crippen molar-refractivity contribution in [1.82, 2.24) is 34.9 Å². The van der Waals surface area contributed by atoms with Crippen LogP contribution in [0.5, 0.6) is 0 Å². The first-order valence-corrected chi connectivity index (χ1v) is 23.4. The Labute approximate surface area is 405 Å². The largest absolute Gasteiger partial charge is 0.490 e. The first kappa shape index (κ1) is 48.3. The Hall–Kier alpha value is -6.67. The minimum Gasteiger partial charge on any atom is -0.423 e. The molecule has 7 aromatic heterocycles. The van der Waals surface area contributed by atoms with E-state index in [1.807, 2.05) is 42.9 Å². The minimum atomic E-state index is -1.40. The van der Waals surface area contributed by atoms with Crippen LogP contribution in [0.4, 0.5) is 28.1 Å². The number of aryl methyl sites for hydroxylation is 4. The van der Waals surface area contributed by atoms with Crippen LogP contribution in [0.25, 0.3) is 22.3 Å². The molecule has 0 radical (unpaired) electrons. The number of amides is 3. The van der Waals surface area contributed by atoms with Crippen LogP contribution in [0, 0.1) is 0 Å². The molecule has 7 aromatic rings. The predicted octanol–water partition coefficient (Wildman–Crippen LogP) is 7.17. The van der Waals surface area contributed by atoms with Gasteiger partial charge in [0, 0.05) is 125 Å². The number of carbonyl (C=O) groups excluding carboxylic acids is 2. The van der Waals surface area contributed by atoms with Crippen molar-refractivity contribution in [2.75, 3.05) is 40.5 Å². The van der Waals surface area contributed by atoms with Crippen molar-refractivity contribution >= 4 is 79.7 Å². The Balaban J connectivity index is 0.000000127. The molecule has 4 aliphatic rings. The topological polar surface area (TPSA) is 230 Å². The third kappa shape index (κ3) is 13.9. The molecule has 0 spiro atoms. The van der Waals surface area contributed by atoms with Crippen molar-refractivity contribution in [3.8, 4) is 22.3 Å². The number of pyridine rings is 7. The standard InChI is InChI=1S/C14H14N4O.C13H13N3.C8H7BrN2O.C8H9BrN2.C5H6BNO2/c15-14(19)18-6-2-4-10-7-12(9-17-13(10)18)11-3-1-5-16-8-11;1-4-11(8-14-5-1)12-7-10-3-2-6-15-13(10)16-9-12;9-6-3-5-1-2-7(12)11-8(5)10-4-6;9-7-4-6-2-1-3-10-8(6)11-5-7;8-6(9)5-2-1-3-7-4-5/h1,3,5,7-9H,2,4,6H2,(H2,15,19);1,4-5,7-9H,2-3,6H2,(H,15,16);3-4H,1-2H2,(H,10,11,12);4-5H,1-3H2,(H,10,11);1-4,8-9H. The van der Waals surface area contributed by atoms with Gasteiger partial charge in [-0.25, -0.2) is 24.7 Å². The second-order valence-electron chi connectivity index (χ2n) is 15.6. The summed E-state index contributed by atoms with van der Waals surface area (Å²) >= 11 is 6.73. The van der Waals surface area contributed by atoms with Crippen LogP contribution in [-0.2, 0) is 30.5 Å². The zero-order valence-corrected chi connectivity index (χ0v) is 39.7. The second kappa shape index (κ2) is 24.2. The number of urea groups is 1. The van der Waals surface area contributed by atoms with Crippen LogP contribution in [0.2, 0.25) is 0 Å². The number of nitrogens with two attached hydrogens (primary N) is 1. The van der Waals surface area contributed by atoms with Crippen molar-refractivity contribution in [2.24, 2.45) is 5.73 Å². The number of carbonyl (C=O) groups is 2. The number of fused-ring (bicyclic) bond motifs is 4. The van der Waals surface area contributed by atoms with Gasteiger partial charge in [0.05, 0.1) is 0 Å². The van der Waals surface area contributed by atoms with Crippen molar-refractivity contribution in [2.45, 2.75) is 51.4 Å². The van der Waals surface area contributed by atoms with Gasteiger partial charge in [-0.1, -0.05) is 18.2 Å². The molecule has 11 heterocycles. The van der Waals surface area contributed by atoms with Gasteiger partial charge in [-0.2, -0.15) is 0 Å². The fraction of sp³-hybridized carbons (Fsp3) is 0.229. The van der Waals surface area contributed by atoms with Gasteiger partial charge in [0.15, 0.2) is 0 Å². The van der Waals surface area contributed by atoms with E-state index < -0.39 is 13.1 Å². The number of halogens is 2. The SMILES string of the molecule is Brc1cnc2c(c1)CCCN2.NC(=O)N1CCCc2cc(-c3cccnc3)cnc21.O=C1CCc2cc(Br)cnc2N1.OB(O)c1cccnc1.c1cncc(-c2cnc3c(c2)CCCN3)c1. The maximum absolute atomic E-state index is 11.4. The van der Waals surface area contributed by atoms with Crippen molar-refractivity contribution in [1.29, 1.82) is 0 Å². The first-order chi connectivity index (χ1) is 32.6. The zero-order valence-electron chi connectivity index (χ0n) is 36.5. The monoisotopic (exact) mass is 1030 g/mol. The molecule has 0 atom stereocenters. The number of nitrogens with one attached hydrogen (secondary N) is 3. The van der Waals surface area contributed by atoms with Gasteiger partial charge in [0.25, 0.3) is 0 Å². The molecule has 16 nitrogen and oxygen atoms in total. The maximum Gasteiger partial charge on any atom is 0.490 e. The molecule has 4 aliphatic heterocycles. The van der Waals surface area contributed by atoms with Crippen LogP contribution in [0.15, 0.2) is 132 Å². The summed E-state index contributed by atoms with van der Waals surface area (Å²) in [5.41, 5.74) is 14.9. The van der Waals surface area contributed by atoms with Crippen LogP contribution < -0.4 is 32.0 Å². The lowest BCUT2D eigenvalue weighted by Crippen LogP contribution is -2.40. The highest BCUT2D eigenvalue weighted by Crippen LogP contribution is 2.30. The van der Waals surface area contributed by atoms with Crippen molar-refractivity contribution < 1.29 is 19.6 Å².